The van der Waals surface area contributed by atoms with E-state index < -0.39 is 0 Å². The van der Waals surface area contributed by atoms with Crippen LogP contribution < -0.4 is 10.6 Å². The van der Waals surface area contributed by atoms with Crippen molar-refractivity contribution in [3.05, 3.63) is 17.5 Å². The molecule has 1 saturated heterocycles. The Kier molecular flexibility index (Phi) is 9.50. The molecule has 1 aromatic heterocycles. The molecule has 1 atom stereocenters. The van der Waals surface area contributed by atoms with E-state index in [-0.39, 0.29) is 36.8 Å². The van der Waals surface area contributed by atoms with Gasteiger partial charge in [0, 0.05) is 38.1 Å². The summed E-state index contributed by atoms with van der Waals surface area (Å²) in [7, 11) is 0. The van der Waals surface area contributed by atoms with Crippen LogP contribution in [-0.2, 0) is 29.2 Å². The summed E-state index contributed by atoms with van der Waals surface area (Å²) in [5, 5.41) is 11.0. The maximum Gasteiger partial charge on any atom is 0.221 e. The number of rotatable bonds is 5. The number of fused-ring (bicyclic) bond motifs is 1. The van der Waals surface area contributed by atoms with Crippen LogP contribution in [0.4, 0.5) is 0 Å². The molecule has 3 aliphatic rings. The molecule has 28 heavy (non-hydrogen) atoms. The van der Waals surface area contributed by atoms with Crippen LogP contribution in [0.15, 0.2) is 6.07 Å². The SMILES string of the molecule is Cl.Cl.O=C(CC1COCCN1)NCc1cc2n(n1)CCN(C1CCCCC1)C2. The fourth-order valence-electron chi connectivity index (χ4n) is 4.43. The molecule has 7 nitrogen and oxygen atoms in total. The number of amides is 1. The van der Waals surface area contributed by atoms with Gasteiger partial charge in [-0.2, -0.15) is 5.10 Å². The predicted octanol–water partition coefficient (Wildman–Crippen LogP) is 1.87. The molecule has 0 aromatic carbocycles. The smallest absolute Gasteiger partial charge is 0.221 e. The van der Waals surface area contributed by atoms with Crippen LogP contribution in [0.2, 0.25) is 0 Å². The molecular formula is C19H33Cl2N5O2. The van der Waals surface area contributed by atoms with Gasteiger partial charge >= 0.3 is 0 Å². The number of nitrogens with one attached hydrogen (secondary N) is 2. The molecule has 1 aliphatic carbocycles. The van der Waals surface area contributed by atoms with Crippen LogP contribution in [0.5, 0.6) is 0 Å². The van der Waals surface area contributed by atoms with Gasteiger partial charge in [-0.3, -0.25) is 14.4 Å². The zero-order valence-corrected chi connectivity index (χ0v) is 18.0. The van der Waals surface area contributed by atoms with Gasteiger partial charge < -0.3 is 15.4 Å². The third-order valence-electron chi connectivity index (χ3n) is 5.87. The van der Waals surface area contributed by atoms with E-state index in [0.717, 1.165) is 44.5 Å². The summed E-state index contributed by atoms with van der Waals surface area (Å²) in [5.74, 6) is 0.0582. The first kappa shape index (κ1) is 23.4. The lowest BCUT2D eigenvalue weighted by atomic mass is 9.94. The van der Waals surface area contributed by atoms with Gasteiger partial charge in [0.15, 0.2) is 0 Å². The van der Waals surface area contributed by atoms with E-state index in [0.29, 0.717) is 19.6 Å². The van der Waals surface area contributed by atoms with Crippen molar-refractivity contribution in [3.8, 4) is 0 Å². The van der Waals surface area contributed by atoms with Crippen molar-refractivity contribution in [2.24, 2.45) is 0 Å². The number of hydrogen-bond acceptors (Lipinski definition) is 5. The van der Waals surface area contributed by atoms with Crippen molar-refractivity contribution < 1.29 is 9.53 Å². The molecule has 2 aliphatic heterocycles. The summed E-state index contributed by atoms with van der Waals surface area (Å²) < 4.78 is 7.52. The third kappa shape index (κ3) is 6.07. The minimum absolute atomic E-state index is 0. The largest absolute Gasteiger partial charge is 0.378 e. The molecule has 9 heteroatoms. The van der Waals surface area contributed by atoms with Gasteiger partial charge in [-0.1, -0.05) is 19.3 Å². The molecule has 1 saturated carbocycles. The van der Waals surface area contributed by atoms with Crippen molar-refractivity contribution in [2.75, 3.05) is 26.3 Å². The van der Waals surface area contributed by atoms with Gasteiger partial charge in [0.2, 0.25) is 5.91 Å². The summed E-state index contributed by atoms with van der Waals surface area (Å²) in [6.07, 6.45) is 7.29. The molecule has 0 radical (unpaired) electrons. The monoisotopic (exact) mass is 433 g/mol. The van der Waals surface area contributed by atoms with E-state index in [1.165, 1.54) is 37.8 Å². The normalized spacial score (nSPS) is 23.2. The molecule has 0 bridgehead atoms. The zero-order chi connectivity index (χ0) is 17.8. The van der Waals surface area contributed by atoms with Gasteiger partial charge in [-0.25, -0.2) is 0 Å². The Labute approximate surface area is 179 Å². The maximum absolute atomic E-state index is 12.1. The van der Waals surface area contributed by atoms with Crippen molar-refractivity contribution in [1.82, 2.24) is 25.3 Å². The molecule has 1 unspecified atom stereocenters. The lowest BCUT2D eigenvalue weighted by Gasteiger charge is -2.36. The van der Waals surface area contributed by atoms with Crippen molar-refractivity contribution in [1.29, 1.82) is 0 Å². The number of ether oxygens (including phenoxy) is 1. The van der Waals surface area contributed by atoms with Crippen molar-refractivity contribution in [2.45, 2.75) is 70.2 Å². The Morgan fingerprint density at radius 1 is 1.25 bits per heavy atom. The molecular weight excluding hydrogens is 401 g/mol. The van der Waals surface area contributed by atoms with Gasteiger partial charge in [0.25, 0.3) is 0 Å². The number of carbonyl (C=O) groups is 1. The van der Waals surface area contributed by atoms with E-state index in [1.54, 1.807) is 0 Å². The van der Waals surface area contributed by atoms with Gasteiger partial charge in [-0.05, 0) is 18.9 Å². The molecule has 3 heterocycles. The lowest BCUT2D eigenvalue weighted by molar-refractivity contribution is -0.122. The van der Waals surface area contributed by atoms with E-state index in [1.807, 2.05) is 0 Å². The molecule has 4 rings (SSSR count). The summed E-state index contributed by atoms with van der Waals surface area (Å²) in [5.41, 5.74) is 2.25. The van der Waals surface area contributed by atoms with Crippen LogP contribution in [-0.4, -0.2) is 59.0 Å². The quantitative estimate of drug-likeness (QED) is 0.741. The highest BCUT2D eigenvalue weighted by molar-refractivity contribution is 5.85. The Bertz CT molecular complexity index is 615. The first-order chi connectivity index (χ1) is 12.8. The second-order valence-electron chi connectivity index (χ2n) is 7.82. The van der Waals surface area contributed by atoms with E-state index >= 15 is 0 Å². The lowest BCUT2D eigenvalue weighted by Crippen LogP contribution is -2.44. The first-order valence-electron chi connectivity index (χ1n) is 10.2. The molecule has 0 spiro atoms. The molecule has 160 valence electrons. The van der Waals surface area contributed by atoms with E-state index in [2.05, 4.69) is 31.4 Å². The first-order valence-corrected chi connectivity index (χ1v) is 10.2. The standard InChI is InChI=1S/C19H31N5O2.2ClH/c25-19(11-16-14-26-9-6-20-16)21-12-15-10-18-13-23(7-8-24(18)22-15)17-4-2-1-3-5-17;;/h10,16-17,20H,1-9,11-14H2,(H,21,25);2*1H. The molecule has 2 N–H and O–H groups in total. The molecule has 1 amide bonds. The van der Waals surface area contributed by atoms with Crippen LogP contribution in [0.3, 0.4) is 0 Å². The summed E-state index contributed by atoms with van der Waals surface area (Å²) in [6, 6.07) is 3.04. The van der Waals surface area contributed by atoms with Crippen LogP contribution >= 0.6 is 24.8 Å². The highest BCUT2D eigenvalue weighted by Gasteiger charge is 2.26. The third-order valence-corrected chi connectivity index (χ3v) is 5.87. The summed E-state index contributed by atoms with van der Waals surface area (Å²) >= 11 is 0. The summed E-state index contributed by atoms with van der Waals surface area (Å²) in [4.78, 5) is 14.8. The minimum atomic E-state index is 0. The van der Waals surface area contributed by atoms with E-state index in [9.17, 15) is 4.79 Å². The number of nitrogens with zero attached hydrogens (tertiary/aromatic N) is 3. The second-order valence-corrected chi connectivity index (χ2v) is 7.82. The Morgan fingerprint density at radius 3 is 2.82 bits per heavy atom. The Hall–Kier alpha value is -0.860. The van der Waals surface area contributed by atoms with Gasteiger partial charge in [0.05, 0.1) is 37.7 Å². The molecule has 2 fully saturated rings. The number of aromatic nitrogens is 2. The second kappa shape index (κ2) is 11.4. The van der Waals surface area contributed by atoms with Crippen molar-refractivity contribution >= 4 is 30.7 Å². The number of hydrogen-bond donors (Lipinski definition) is 2. The Balaban J connectivity index is 0.00000140. The number of morpholine rings is 1. The van der Waals surface area contributed by atoms with E-state index in [4.69, 9.17) is 4.74 Å². The number of carbonyl (C=O) groups excluding carboxylic acids is 1. The average molecular weight is 434 g/mol. The topological polar surface area (TPSA) is 71.4 Å². The summed E-state index contributed by atoms with van der Waals surface area (Å²) in [6.45, 7) is 5.73. The van der Waals surface area contributed by atoms with Crippen molar-refractivity contribution in [3.63, 3.8) is 0 Å². The van der Waals surface area contributed by atoms with Crippen LogP contribution in [0.1, 0.15) is 49.9 Å². The average Bonchev–Trinajstić information content (AvgIpc) is 3.10. The van der Waals surface area contributed by atoms with Crippen LogP contribution in [0.25, 0.3) is 0 Å². The fourth-order valence-corrected chi connectivity index (χ4v) is 4.43. The zero-order valence-electron chi connectivity index (χ0n) is 16.4. The fraction of sp³-hybridized carbons (Fsp3) is 0.789. The molecule has 1 aromatic rings. The minimum Gasteiger partial charge on any atom is -0.378 e. The number of halogens is 2. The van der Waals surface area contributed by atoms with Gasteiger partial charge in [0.1, 0.15) is 0 Å². The van der Waals surface area contributed by atoms with Gasteiger partial charge in [-0.15, -0.1) is 24.8 Å². The highest BCUT2D eigenvalue weighted by atomic mass is 35.5. The van der Waals surface area contributed by atoms with Crippen LogP contribution in [0, 0.1) is 0 Å². The highest BCUT2D eigenvalue weighted by Crippen LogP contribution is 2.26. The predicted molar refractivity (Wildman–Crippen MR) is 113 cm³/mol. The Morgan fingerprint density at radius 2 is 2.07 bits per heavy atom. The maximum atomic E-state index is 12.1.